The predicted octanol–water partition coefficient (Wildman–Crippen LogP) is 16.6. The van der Waals surface area contributed by atoms with Gasteiger partial charge in [0.2, 0.25) is 0 Å². The molecule has 0 fully saturated rings. The number of aromatic nitrogens is 4. The average Bonchev–Trinajstić information content (AvgIpc) is 3.95. The van der Waals surface area contributed by atoms with Crippen LogP contribution in [0, 0.1) is 18.5 Å². The molecule has 74 heavy (non-hydrogen) atoms. The first-order chi connectivity index (χ1) is 34.6. The summed E-state index contributed by atoms with van der Waals surface area (Å²) in [5.41, 5.74) is 13.6. The largest absolute Gasteiger partial charge is 0.510 e. The summed E-state index contributed by atoms with van der Waals surface area (Å²) >= 11 is 0. The monoisotopic (exact) mass is 1150 g/mol. The molecule has 0 unspecified atom stereocenters. The summed E-state index contributed by atoms with van der Waals surface area (Å²) in [6.07, 6.45) is 5.85. The Labute approximate surface area is 454 Å². The zero-order valence-corrected chi connectivity index (χ0v) is 47.5. The molecule has 6 heteroatoms. The van der Waals surface area contributed by atoms with Crippen LogP contribution in [-0.4, -0.2) is 14.1 Å². The molecule has 10 aromatic rings. The Morgan fingerprint density at radius 3 is 1.72 bits per heavy atom. The molecule has 0 radical (unpaired) electrons. The van der Waals surface area contributed by atoms with E-state index < -0.39 is 0 Å². The van der Waals surface area contributed by atoms with Gasteiger partial charge in [0.05, 0.1) is 17.1 Å². The molecule has 0 spiro atoms. The molecule has 0 saturated carbocycles. The van der Waals surface area contributed by atoms with Crippen LogP contribution in [0.4, 0.5) is 0 Å². The van der Waals surface area contributed by atoms with Crippen molar-refractivity contribution in [2.24, 2.45) is 0 Å². The first-order valence-corrected chi connectivity index (χ1v) is 25.7. The molecule has 3 aromatic heterocycles. The van der Waals surface area contributed by atoms with Crippen LogP contribution < -0.4 is 9.30 Å². The third-order valence-electron chi connectivity index (χ3n) is 14.7. The topological polar surface area (TPSA) is 35.9 Å². The van der Waals surface area contributed by atoms with Crippen LogP contribution in [0.25, 0.3) is 50.1 Å². The van der Waals surface area contributed by atoms with E-state index in [4.69, 9.17) is 9.72 Å². The Bertz CT molecular complexity index is 3640. The van der Waals surface area contributed by atoms with Crippen molar-refractivity contribution >= 4 is 21.8 Å². The van der Waals surface area contributed by atoms with E-state index in [2.05, 4.69) is 274 Å². The second-order valence-electron chi connectivity index (χ2n) is 23.9. The van der Waals surface area contributed by atoms with E-state index >= 15 is 0 Å². The van der Waals surface area contributed by atoms with Gasteiger partial charge in [0, 0.05) is 55.1 Å². The molecule has 0 aliphatic carbocycles. The Hall–Kier alpha value is -6.81. The molecular weight excluding hydrogens is 1080 g/mol. The summed E-state index contributed by atoms with van der Waals surface area (Å²) in [6.45, 7) is 29.8. The van der Waals surface area contributed by atoms with Crippen molar-refractivity contribution in [2.75, 3.05) is 0 Å². The number of hydrogen-bond donors (Lipinski definition) is 0. The van der Waals surface area contributed by atoms with E-state index in [1.165, 1.54) is 39.1 Å². The van der Waals surface area contributed by atoms with Gasteiger partial charge >= 0.3 is 0 Å². The fourth-order valence-electron chi connectivity index (χ4n) is 10.5. The molecule has 0 aliphatic rings. The van der Waals surface area contributed by atoms with E-state index in [9.17, 15) is 0 Å². The number of pyridine rings is 1. The van der Waals surface area contributed by atoms with E-state index in [0.29, 0.717) is 11.5 Å². The van der Waals surface area contributed by atoms with Gasteiger partial charge in [-0.05, 0) is 96.6 Å². The maximum absolute atomic E-state index is 6.84. The van der Waals surface area contributed by atoms with Crippen molar-refractivity contribution in [1.82, 2.24) is 14.1 Å². The summed E-state index contributed by atoms with van der Waals surface area (Å²) in [4.78, 5) is 5.03. The van der Waals surface area contributed by atoms with Gasteiger partial charge in [-0.1, -0.05) is 205 Å². The number of imidazole rings is 1. The minimum atomic E-state index is -0.279. The van der Waals surface area contributed by atoms with Gasteiger partial charge in [0.1, 0.15) is 5.82 Å². The maximum Gasteiger partial charge on any atom is 0.267 e. The smallest absolute Gasteiger partial charge is 0.267 e. The standard InChI is InChI=1S/C68H68N4O.Pt/c1-64(2,3)50-32-35-59-58(41-50)57-34-33-56(44-60(57)72(59)61-42-51(36-37-69-61)67(10,11)48-26-19-15-20-27-48)73-55-31-23-30-53(43-55)70-45-71(63(66(7,8)9)62(70)65(4,5)6)54-39-47(46-24-17-14-18-25-46)38-52(40-54)68(12,13)49-28-21-16-22-29-49;/h14-42H,1-13H3;/q-2;. The number of rotatable bonds is 10. The van der Waals surface area contributed by atoms with E-state index in [1.54, 1.807) is 0 Å². The van der Waals surface area contributed by atoms with Gasteiger partial charge in [0.25, 0.3) is 6.33 Å². The quantitative estimate of drug-likeness (QED) is 0.101. The van der Waals surface area contributed by atoms with Gasteiger partial charge in [-0.25, -0.2) is 4.98 Å². The molecule has 0 atom stereocenters. The molecule has 5 nitrogen and oxygen atoms in total. The number of ether oxygens (including phenoxy) is 1. The summed E-state index contributed by atoms with van der Waals surface area (Å²) in [6, 6.07) is 68.2. The minimum absolute atomic E-state index is 0. The van der Waals surface area contributed by atoms with Crippen LogP contribution in [-0.2, 0) is 48.1 Å². The van der Waals surface area contributed by atoms with E-state index in [0.717, 1.165) is 50.3 Å². The van der Waals surface area contributed by atoms with Gasteiger partial charge in [0.15, 0.2) is 0 Å². The van der Waals surface area contributed by atoms with Crippen molar-refractivity contribution in [3.05, 3.63) is 234 Å². The first-order valence-electron chi connectivity index (χ1n) is 25.7. The molecule has 0 N–H and O–H groups in total. The minimum Gasteiger partial charge on any atom is -0.510 e. The second-order valence-corrected chi connectivity index (χ2v) is 23.9. The van der Waals surface area contributed by atoms with Gasteiger partial charge in [-0.3, -0.25) is 4.57 Å². The van der Waals surface area contributed by atoms with Crippen molar-refractivity contribution < 1.29 is 30.4 Å². The summed E-state index contributed by atoms with van der Waals surface area (Å²) in [5.74, 6) is 2.00. The van der Waals surface area contributed by atoms with Crippen LogP contribution in [0.1, 0.15) is 129 Å². The number of benzene rings is 7. The van der Waals surface area contributed by atoms with E-state index in [-0.39, 0.29) is 48.1 Å². The first kappa shape index (κ1) is 52.1. The predicted molar refractivity (Wildman–Crippen MR) is 301 cm³/mol. The normalized spacial score (nSPS) is 12.6. The molecule has 0 bridgehead atoms. The molecule has 0 saturated heterocycles. The van der Waals surface area contributed by atoms with Crippen molar-refractivity contribution in [3.8, 4) is 39.8 Å². The second kappa shape index (κ2) is 19.5. The number of fused-ring (bicyclic) bond motifs is 3. The zero-order valence-electron chi connectivity index (χ0n) is 45.3. The SMILES string of the molecule is CC(C)(C)c1ccc2c(c1)c1ccc(Oc3[c-]c(-n4[c-][n+](-c5cc(-c6ccccc6)cc(C(C)(C)c6ccccc6)c5)c(C(C)(C)C)c4C(C)(C)C)ccc3)[c-]c1n2-c1cc(C(C)(C)c2ccccc2)ccn1.[Pt]. The number of nitrogens with zero attached hydrogens (tertiary/aromatic N) is 4. The number of hydrogen-bond acceptors (Lipinski definition) is 2. The van der Waals surface area contributed by atoms with Gasteiger partial charge in [-0.2, -0.15) is 18.2 Å². The molecular formula is C68H68N4OPt-2. The summed E-state index contributed by atoms with van der Waals surface area (Å²) in [5, 5.41) is 2.24. The third kappa shape index (κ3) is 9.84. The average molecular weight is 1150 g/mol. The molecule has 0 aliphatic heterocycles. The van der Waals surface area contributed by atoms with Crippen molar-refractivity contribution in [3.63, 3.8) is 0 Å². The molecule has 0 amide bonds. The molecule has 10 rings (SSSR count). The fourth-order valence-corrected chi connectivity index (χ4v) is 10.5. The van der Waals surface area contributed by atoms with Gasteiger partial charge < -0.3 is 13.9 Å². The van der Waals surface area contributed by atoms with Crippen molar-refractivity contribution in [2.45, 2.75) is 117 Å². The maximum atomic E-state index is 6.84. The Kier molecular flexibility index (Phi) is 13.7. The van der Waals surface area contributed by atoms with Crippen LogP contribution in [0.2, 0.25) is 0 Å². The van der Waals surface area contributed by atoms with Crippen LogP contribution >= 0.6 is 0 Å². The molecule has 7 aromatic carbocycles. The van der Waals surface area contributed by atoms with E-state index in [1.807, 2.05) is 24.4 Å². The summed E-state index contributed by atoms with van der Waals surface area (Å²) < 4.78 is 13.6. The molecule has 378 valence electrons. The van der Waals surface area contributed by atoms with Gasteiger partial charge in [-0.15, -0.1) is 29.7 Å². The summed E-state index contributed by atoms with van der Waals surface area (Å²) in [7, 11) is 0. The Morgan fingerprint density at radius 2 is 1.09 bits per heavy atom. The van der Waals surface area contributed by atoms with Crippen molar-refractivity contribution in [1.29, 1.82) is 0 Å². The fraction of sp³-hybridized carbons (Fsp3) is 0.265. The third-order valence-corrected chi connectivity index (χ3v) is 14.7. The Balaban J connectivity index is 0.00000672. The molecule has 3 heterocycles. The Morgan fingerprint density at radius 1 is 0.473 bits per heavy atom. The van der Waals surface area contributed by atoms with Crippen LogP contribution in [0.15, 0.2) is 176 Å². The van der Waals surface area contributed by atoms with Crippen LogP contribution in [0.5, 0.6) is 11.5 Å². The zero-order chi connectivity index (χ0) is 51.7. The van der Waals surface area contributed by atoms with Crippen LogP contribution in [0.3, 0.4) is 0 Å².